The van der Waals surface area contributed by atoms with Crippen molar-refractivity contribution >= 4 is 0 Å². The fourth-order valence-electron chi connectivity index (χ4n) is 2.69. The van der Waals surface area contributed by atoms with Crippen molar-refractivity contribution in [1.29, 1.82) is 0 Å². The fraction of sp³-hybridized carbons (Fsp3) is 1.00. The molecule has 3 nitrogen and oxygen atoms in total. The van der Waals surface area contributed by atoms with Crippen LogP contribution in [0.15, 0.2) is 0 Å². The summed E-state index contributed by atoms with van der Waals surface area (Å²) in [5.41, 5.74) is 0. The van der Waals surface area contributed by atoms with Gasteiger partial charge < -0.3 is 14.6 Å². The number of aliphatic hydroxyl groups is 1. The largest absolute Gasteiger partial charge is 0.390 e. The molecule has 3 aliphatic rings. The van der Waals surface area contributed by atoms with E-state index in [1.165, 1.54) is 0 Å². The number of hydrogen-bond donors (Lipinski definition) is 1. The second-order valence-electron chi connectivity index (χ2n) is 3.81. The maximum atomic E-state index is 9.49. The zero-order valence-corrected chi connectivity index (χ0v) is 6.27. The van der Waals surface area contributed by atoms with E-state index < -0.39 is 0 Å². The maximum Gasteiger partial charge on any atom is 0.0893 e. The minimum Gasteiger partial charge on any atom is -0.390 e. The van der Waals surface area contributed by atoms with Crippen LogP contribution in [0.3, 0.4) is 0 Å². The molecule has 3 fully saturated rings. The van der Waals surface area contributed by atoms with Crippen LogP contribution in [0.2, 0.25) is 0 Å². The molecule has 3 rings (SSSR count). The van der Waals surface area contributed by atoms with Crippen molar-refractivity contribution in [3.05, 3.63) is 0 Å². The summed E-state index contributed by atoms with van der Waals surface area (Å²) < 4.78 is 11.0. The first-order valence-electron chi connectivity index (χ1n) is 4.27. The Bertz CT molecular complexity index is 182. The highest BCUT2D eigenvalue weighted by molar-refractivity contribution is 5.02. The van der Waals surface area contributed by atoms with Gasteiger partial charge in [-0.25, -0.2) is 0 Å². The molecule has 5 atom stereocenters. The topological polar surface area (TPSA) is 38.7 Å². The van der Waals surface area contributed by atoms with E-state index >= 15 is 0 Å². The summed E-state index contributed by atoms with van der Waals surface area (Å²) >= 11 is 0. The number of aliphatic hydroxyl groups excluding tert-OH is 1. The summed E-state index contributed by atoms with van der Waals surface area (Å²) in [7, 11) is 0. The van der Waals surface area contributed by atoms with Crippen LogP contribution in [0.25, 0.3) is 0 Å². The van der Waals surface area contributed by atoms with Crippen molar-refractivity contribution in [3.8, 4) is 0 Å². The first-order valence-corrected chi connectivity index (χ1v) is 4.27. The summed E-state index contributed by atoms with van der Waals surface area (Å²) in [6.45, 7) is 1.64. The lowest BCUT2D eigenvalue weighted by Gasteiger charge is -2.22. The van der Waals surface area contributed by atoms with Crippen LogP contribution in [0, 0.1) is 11.8 Å². The average molecular weight is 156 g/mol. The van der Waals surface area contributed by atoms with E-state index in [4.69, 9.17) is 9.47 Å². The van der Waals surface area contributed by atoms with Gasteiger partial charge in [0, 0.05) is 18.3 Å². The smallest absolute Gasteiger partial charge is 0.0893 e. The summed E-state index contributed by atoms with van der Waals surface area (Å²) in [5, 5.41) is 9.49. The molecule has 3 aliphatic heterocycles. The molecule has 0 aromatic carbocycles. The van der Waals surface area contributed by atoms with Crippen LogP contribution < -0.4 is 0 Å². The molecule has 0 aromatic rings. The van der Waals surface area contributed by atoms with Gasteiger partial charge in [-0.05, 0) is 0 Å². The number of ether oxygens (including phenoxy) is 2. The van der Waals surface area contributed by atoms with Crippen LogP contribution in [-0.2, 0) is 9.47 Å². The minimum atomic E-state index is -0.219. The van der Waals surface area contributed by atoms with E-state index in [1.807, 2.05) is 0 Å². The monoisotopic (exact) mass is 156 g/mol. The van der Waals surface area contributed by atoms with Gasteiger partial charge in [-0.2, -0.15) is 0 Å². The van der Waals surface area contributed by atoms with E-state index in [0.29, 0.717) is 17.9 Å². The van der Waals surface area contributed by atoms with Crippen molar-refractivity contribution in [3.63, 3.8) is 0 Å². The highest BCUT2D eigenvalue weighted by atomic mass is 16.5. The van der Waals surface area contributed by atoms with E-state index in [1.54, 1.807) is 0 Å². The van der Waals surface area contributed by atoms with Crippen LogP contribution in [0.5, 0.6) is 0 Å². The summed E-state index contributed by atoms with van der Waals surface area (Å²) in [4.78, 5) is 0. The van der Waals surface area contributed by atoms with Gasteiger partial charge in [0.05, 0.1) is 31.5 Å². The summed E-state index contributed by atoms with van der Waals surface area (Å²) in [6.07, 6.45) is 0.993. The lowest BCUT2D eigenvalue weighted by atomic mass is 9.80. The Hall–Kier alpha value is -0.120. The number of hydrogen-bond acceptors (Lipinski definition) is 3. The van der Waals surface area contributed by atoms with Gasteiger partial charge in [0.25, 0.3) is 0 Å². The molecule has 0 spiro atoms. The SMILES string of the molecule is OC1CC2OC1C1COCC21. The predicted molar refractivity (Wildman–Crippen MR) is 37.1 cm³/mol. The number of rotatable bonds is 0. The van der Waals surface area contributed by atoms with Gasteiger partial charge in [-0.15, -0.1) is 0 Å². The van der Waals surface area contributed by atoms with Crippen molar-refractivity contribution in [1.82, 2.24) is 0 Å². The Kier molecular flexibility index (Phi) is 1.15. The van der Waals surface area contributed by atoms with Crippen molar-refractivity contribution in [2.45, 2.75) is 24.7 Å². The molecule has 1 N–H and O–H groups in total. The first-order chi connectivity index (χ1) is 5.36. The van der Waals surface area contributed by atoms with Gasteiger partial charge in [0.15, 0.2) is 0 Å². The molecule has 62 valence electrons. The lowest BCUT2D eigenvalue weighted by Crippen LogP contribution is -2.35. The molecule has 0 saturated carbocycles. The zero-order chi connectivity index (χ0) is 7.42. The van der Waals surface area contributed by atoms with Crippen LogP contribution >= 0.6 is 0 Å². The third kappa shape index (κ3) is 0.687. The molecule has 3 heterocycles. The van der Waals surface area contributed by atoms with E-state index in [9.17, 15) is 5.11 Å². The molecule has 0 aliphatic carbocycles. The fourth-order valence-corrected chi connectivity index (χ4v) is 2.69. The molecule has 3 heteroatoms. The Morgan fingerprint density at radius 1 is 1.18 bits per heavy atom. The third-order valence-electron chi connectivity index (χ3n) is 3.26. The van der Waals surface area contributed by atoms with E-state index in [-0.39, 0.29) is 12.2 Å². The molecular formula is C8H12O3. The number of fused-ring (bicyclic) bond motifs is 5. The van der Waals surface area contributed by atoms with E-state index in [0.717, 1.165) is 19.6 Å². The lowest BCUT2D eigenvalue weighted by molar-refractivity contribution is 0.0126. The average Bonchev–Trinajstić information content (AvgIpc) is 2.52. The Morgan fingerprint density at radius 2 is 2.00 bits per heavy atom. The molecular weight excluding hydrogens is 144 g/mol. The second kappa shape index (κ2) is 1.97. The first kappa shape index (κ1) is 6.40. The van der Waals surface area contributed by atoms with Gasteiger partial charge in [-0.3, -0.25) is 0 Å². The molecule has 0 aromatic heterocycles. The molecule has 11 heavy (non-hydrogen) atoms. The molecule has 2 bridgehead atoms. The summed E-state index contributed by atoms with van der Waals surface area (Å²) in [5.74, 6) is 1.08. The standard InChI is InChI=1S/C8H12O3/c9-6-1-7-4-2-10-3-5(4)8(6)11-7/h4-9H,1-3H2. The Morgan fingerprint density at radius 3 is 2.91 bits per heavy atom. The molecule has 3 saturated heterocycles. The highest BCUT2D eigenvalue weighted by Crippen LogP contribution is 2.46. The van der Waals surface area contributed by atoms with Gasteiger partial charge in [-0.1, -0.05) is 0 Å². The molecule has 5 unspecified atom stereocenters. The minimum absolute atomic E-state index is 0.0903. The van der Waals surface area contributed by atoms with Crippen molar-refractivity contribution in [2.75, 3.05) is 13.2 Å². The Balaban J connectivity index is 1.90. The zero-order valence-electron chi connectivity index (χ0n) is 6.27. The van der Waals surface area contributed by atoms with Crippen molar-refractivity contribution < 1.29 is 14.6 Å². The van der Waals surface area contributed by atoms with Gasteiger partial charge in [0.1, 0.15) is 0 Å². The summed E-state index contributed by atoms with van der Waals surface area (Å²) in [6, 6.07) is 0. The molecule has 0 amide bonds. The second-order valence-corrected chi connectivity index (χ2v) is 3.81. The van der Waals surface area contributed by atoms with E-state index in [2.05, 4.69) is 0 Å². The highest BCUT2D eigenvalue weighted by Gasteiger charge is 2.55. The normalized spacial score (nSPS) is 60.3. The third-order valence-corrected chi connectivity index (χ3v) is 3.26. The quantitative estimate of drug-likeness (QED) is 0.527. The van der Waals surface area contributed by atoms with Crippen molar-refractivity contribution in [2.24, 2.45) is 11.8 Å². The Labute approximate surface area is 65.3 Å². The molecule has 0 radical (unpaired) electrons. The van der Waals surface area contributed by atoms with Crippen LogP contribution in [0.1, 0.15) is 6.42 Å². The maximum absolute atomic E-state index is 9.49. The predicted octanol–water partition coefficient (Wildman–Crippen LogP) is -0.219. The van der Waals surface area contributed by atoms with Crippen LogP contribution in [-0.4, -0.2) is 36.6 Å². The van der Waals surface area contributed by atoms with Gasteiger partial charge in [0.2, 0.25) is 0 Å². The van der Waals surface area contributed by atoms with Crippen LogP contribution in [0.4, 0.5) is 0 Å². The van der Waals surface area contributed by atoms with Gasteiger partial charge >= 0.3 is 0 Å².